The van der Waals surface area contributed by atoms with Crippen LogP contribution in [-0.4, -0.2) is 55.4 Å². The molecule has 19 heavy (non-hydrogen) atoms. The van der Waals surface area contributed by atoms with E-state index in [9.17, 15) is 13.6 Å². The maximum atomic E-state index is 13.7. The number of hydrogen-bond acceptors (Lipinski definition) is 3. The Hall–Kier alpha value is -1.04. The van der Waals surface area contributed by atoms with Gasteiger partial charge in [0.25, 0.3) is 0 Å². The third-order valence-electron chi connectivity index (χ3n) is 3.29. The average molecular weight is 289 g/mol. The number of benzene rings is 1. The first-order valence-electron chi connectivity index (χ1n) is 6.06. The predicted octanol–water partition coefficient (Wildman–Crippen LogP) is 2.05. The van der Waals surface area contributed by atoms with E-state index in [1.807, 2.05) is 11.9 Å². The minimum atomic E-state index is -0.971. The first kappa shape index (κ1) is 14.4. The van der Waals surface area contributed by atoms with Gasteiger partial charge < -0.3 is 4.90 Å². The number of halogens is 3. The van der Waals surface area contributed by atoms with Gasteiger partial charge in [-0.1, -0.05) is 11.6 Å². The van der Waals surface area contributed by atoms with Crippen LogP contribution in [0.25, 0.3) is 0 Å². The molecule has 1 fully saturated rings. The normalized spacial score (nSPS) is 17.7. The van der Waals surface area contributed by atoms with Crippen LogP contribution in [0.5, 0.6) is 0 Å². The second kappa shape index (κ2) is 5.94. The summed E-state index contributed by atoms with van der Waals surface area (Å²) in [6, 6.07) is 2.13. The van der Waals surface area contributed by atoms with Gasteiger partial charge in [-0.25, -0.2) is 8.78 Å². The van der Waals surface area contributed by atoms with Crippen LogP contribution in [0, 0.1) is 11.6 Å². The fraction of sp³-hybridized carbons (Fsp3) is 0.462. The zero-order valence-corrected chi connectivity index (χ0v) is 11.4. The van der Waals surface area contributed by atoms with E-state index < -0.39 is 23.0 Å². The lowest BCUT2D eigenvalue weighted by Crippen LogP contribution is -2.46. The molecule has 1 aromatic rings. The first-order valence-corrected chi connectivity index (χ1v) is 6.44. The second-order valence-electron chi connectivity index (χ2n) is 4.72. The molecule has 0 bridgehead atoms. The summed E-state index contributed by atoms with van der Waals surface area (Å²) >= 11 is 5.58. The zero-order chi connectivity index (χ0) is 14.0. The average Bonchev–Trinajstić information content (AvgIpc) is 2.37. The van der Waals surface area contributed by atoms with Crippen LogP contribution in [0.1, 0.15) is 10.4 Å². The van der Waals surface area contributed by atoms with Gasteiger partial charge in [0.2, 0.25) is 0 Å². The van der Waals surface area contributed by atoms with Crippen LogP contribution in [0.3, 0.4) is 0 Å². The summed E-state index contributed by atoms with van der Waals surface area (Å²) in [6.07, 6.45) is 0. The molecule has 0 atom stereocenters. The van der Waals surface area contributed by atoms with Gasteiger partial charge >= 0.3 is 0 Å². The fourth-order valence-corrected chi connectivity index (χ4v) is 2.23. The van der Waals surface area contributed by atoms with Crippen LogP contribution < -0.4 is 0 Å². The summed E-state index contributed by atoms with van der Waals surface area (Å²) in [5.74, 6) is -2.40. The van der Waals surface area contributed by atoms with Gasteiger partial charge in [0.1, 0.15) is 5.82 Å². The molecule has 104 valence electrons. The Morgan fingerprint density at radius 3 is 2.53 bits per heavy atom. The molecule has 0 unspecified atom stereocenters. The quantitative estimate of drug-likeness (QED) is 0.628. The zero-order valence-electron chi connectivity index (χ0n) is 10.6. The van der Waals surface area contributed by atoms with E-state index in [0.29, 0.717) is 13.1 Å². The van der Waals surface area contributed by atoms with Crippen molar-refractivity contribution in [3.8, 4) is 0 Å². The minimum Gasteiger partial charge on any atom is -0.304 e. The lowest BCUT2D eigenvalue weighted by Gasteiger charge is -2.31. The number of likely N-dealkylation sites (N-methyl/N-ethyl adjacent to an activating group) is 1. The van der Waals surface area contributed by atoms with Crippen LogP contribution in [0.4, 0.5) is 8.78 Å². The summed E-state index contributed by atoms with van der Waals surface area (Å²) in [6.45, 7) is 3.13. The number of nitrogens with zero attached hydrogens (tertiary/aromatic N) is 2. The molecule has 0 spiro atoms. The van der Waals surface area contributed by atoms with E-state index >= 15 is 0 Å². The molecule has 0 aromatic heterocycles. The van der Waals surface area contributed by atoms with E-state index in [0.717, 1.165) is 25.2 Å². The van der Waals surface area contributed by atoms with Crippen molar-refractivity contribution >= 4 is 17.4 Å². The summed E-state index contributed by atoms with van der Waals surface area (Å²) in [5, 5.41) is -0.233. The number of Topliss-reactive ketones (excluding diaryl/α,β-unsaturated/α-hetero) is 1. The van der Waals surface area contributed by atoms with Crippen molar-refractivity contribution in [1.82, 2.24) is 9.80 Å². The number of rotatable bonds is 3. The molecule has 1 heterocycles. The Bertz CT molecular complexity index is 488. The minimum absolute atomic E-state index is 0.0159. The molecule has 1 saturated heterocycles. The number of carbonyl (C=O) groups excluding carboxylic acids is 1. The monoisotopic (exact) mass is 288 g/mol. The van der Waals surface area contributed by atoms with Crippen molar-refractivity contribution in [1.29, 1.82) is 0 Å². The Kier molecular flexibility index (Phi) is 4.50. The van der Waals surface area contributed by atoms with E-state index in [1.165, 1.54) is 0 Å². The third kappa shape index (κ3) is 3.29. The summed E-state index contributed by atoms with van der Waals surface area (Å²) < 4.78 is 27.3. The lowest BCUT2D eigenvalue weighted by molar-refractivity contribution is 0.0868. The van der Waals surface area contributed by atoms with E-state index in [4.69, 9.17) is 11.6 Å². The van der Waals surface area contributed by atoms with Crippen molar-refractivity contribution in [3.05, 3.63) is 34.4 Å². The highest BCUT2D eigenvalue weighted by Gasteiger charge is 2.23. The number of piperazine rings is 1. The Morgan fingerprint density at radius 1 is 1.26 bits per heavy atom. The smallest absolute Gasteiger partial charge is 0.182 e. The van der Waals surface area contributed by atoms with Crippen LogP contribution in [-0.2, 0) is 0 Å². The van der Waals surface area contributed by atoms with Crippen LogP contribution >= 0.6 is 11.6 Å². The molecular weight excluding hydrogens is 274 g/mol. The number of hydrogen-bond donors (Lipinski definition) is 0. The molecule has 1 aliphatic heterocycles. The Balaban J connectivity index is 2.10. The van der Waals surface area contributed by atoms with Crippen LogP contribution in [0.2, 0.25) is 5.02 Å². The standard InChI is InChI=1S/C13H15ClF2N2O/c1-17-4-6-18(7-5-17)8-11(19)12-10(15)3-2-9(14)13(12)16/h2-3H,4-8H2,1H3. The number of carbonyl (C=O) groups is 1. The molecule has 1 aliphatic rings. The maximum Gasteiger partial charge on any atom is 0.182 e. The highest BCUT2D eigenvalue weighted by atomic mass is 35.5. The van der Waals surface area contributed by atoms with Crippen molar-refractivity contribution in [2.75, 3.05) is 39.8 Å². The largest absolute Gasteiger partial charge is 0.304 e. The molecule has 2 rings (SSSR count). The van der Waals surface area contributed by atoms with Gasteiger partial charge in [-0.3, -0.25) is 9.69 Å². The summed E-state index contributed by atoms with van der Waals surface area (Å²) in [5.41, 5.74) is -0.536. The molecule has 0 aliphatic carbocycles. The molecule has 0 saturated carbocycles. The highest BCUT2D eigenvalue weighted by molar-refractivity contribution is 6.31. The number of ketones is 1. The van der Waals surface area contributed by atoms with Crippen molar-refractivity contribution in [2.45, 2.75) is 0 Å². The van der Waals surface area contributed by atoms with Crippen molar-refractivity contribution in [2.24, 2.45) is 0 Å². The first-order chi connectivity index (χ1) is 8.99. The van der Waals surface area contributed by atoms with Crippen LogP contribution in [0.15, 0.2) is 12.1 Å². The maximum absolute atomic E-state index is 13.7. The van der Waals surface area contributed by atoms with E-state index in [2.05, 4.69) is 4.90 Å². The van der Waals surface area contributed by atoms with Crippen molar-refractivity contribution < 1.29 is 13.6 Å². The predicted molar refractivity (Wildman–Crippen MR) is 69.6 cm³/mol. The molecule has 0 N–H and O–H groups in total. The molecule has 0 radical (unpaired) electrons. The second-order valence-corrected chi connectivity index (χ2v) is 5.13. The van der Waals surface area contributed by atoms with Gasteiger partial charge in [-0.2, -0.15) is 0 Å². The Labute approximate surface area is 115 Å². The van der Waals surface area contributed by atoms with Crippen molar-refractivity contribution in [3.63, 3.8) is 0 Å². The molecule has 0 amide bonds. The van der Waals surface area contributed by atoms with Gasteiger partial charge in [0.15, 0.2) is 11.6 Å². The third-order valence-corrected chi connectivity index (χ3v) is 3.58. The van der Waals surface area contributed by atoms with E-state index in [-0.39, 0.29) is 11.6 Å². The summed E-state index contributed by atoms with van der Waals surface area (Å²) in [4.78, 5) is 16.0. The molecule has 3 nitrogen and oxygen atoms in total. The molecule has 6 heteroatoms. The highest BCUT2D eigenvalue weighted by Crippen LogP contribution is 2.21. The topological polar surface area (TPSA) is 23.6 Å². The Morgan fingerprint density at radius 2 is 1.89 bits per heavy atom. The molecule has 1 aromatic carbocycles. The fourth-order valence-electron chi connectivity index (χ4n) is 2.07. The van der Waals surface area contributed by atoms with Gasteiger partial charge in [0, 0.05) is 26.2 Å². The lowest BCUT2D eigenvalue weighted by atomic mass is 10.1. The van der Waals surface area contributed by atoms with E-state index in [1.54, 1.807) is 0 Å². The SMILES string of the molecule is CN1CCN(CC(=O)c2c(F)ccc(Cl)c2F)CC1. The van der Waals surface area contributed by atoms with Gasteiger partial charge in [-0.05, 0) is 19.2 Å². The van der Waals surface area contributed by atoms with Gasteiger partial charge in [-0.15, -0.1) is 0 Å². The van der Waals surface area contributed by atoms with Gasteiger partial charge in [0.05, 0.1) is 17.1 Å². The summed E-state index contributed by atoms with van der Waals surface area (Å²) in [7, 11) is 2.00. The molecular formula is C13H15ClF2N2O.